The first-order valence-corrected chi connectivity index (χ1v) is 6.10. The predicted octanol–water partition coefficient (Wildman–Crippen LogP) is 4.40. The maximum Gasteiger partial charge on any atom is 0.123 e. The number of hydrogen-bond acceptors (Lipinski definition) is 1. The maximum absolute atomic E-state index is 10.00. The number of rotatable bonds is 2. The Hall–Kier alpha value is -2.28. The van der Waals surface area contributed by atoms with Gasteiger partial charge in [0.2, 0.25) is 0 Å². The molecule has 0 unspecified atom stereocenters. The van der Waals surface area contributed by atoms with Crippen LogP contribution in [0.25, 0.3) is 16.7 Å². The fraction of sp³-hybridized carbons (Fsp3) is 0.0588. The average molecular weight is 234 g/mol. The fourth-order valence-electron chi connectivity index (χ4n) is 2.35. The molecule has 0 aliphatic heterocycles. The second-order valence-electron chi connectivity index (χ2n) is 4.39. The molecule has 0 amide bonds. The summed E-state index contributed by atoms with van der Waals surface area (Å²) >= 11 is 0. The Morgan fingerprint density at radius 3 is 2.11 bits per heavy atom. The van der Waals surface area contributed by atoms with Gasteiger partial charge in [0, 0.05) is 5.56 Å². The van der Waals surface area contributed by atoms with E-state index < -0.39 is 0 Å². The van der Waals surface area contributed by atoms with Crippen molar-refractivity contribution in [2.24, 2.45) is 0 Å². The minimum Gasteiger partial charge on any atom is -0.507 e. The van der Waals surface area contributed by atoms with Crippen molar-refractivity contribution in [2.45, 2.75) is 6.42 Å². The lowest BCUT2D eigenvalue weighted by Crippen LogP contribution is -1.88. The van der Waals surface area contributed by atoms with E-state index in [-0.39, 0.29) is 0 Å². The highest BCUT2D eigenvalue weighted by Gasteiger charge is 2.11. The first kappa shape index (κ1) is 10.8. The van der Waals surface area contributed by atoms with Crippen LogP contribution in [0.2, 0.25) is 0 Å². The zero-order chi connectivity index (χ0) is 12.4. The Balaban J connectivity index is 2.16. The van der Waals surface area contributed by atoms with Crippen molar-refractivity contribution in [1.82, 2.24) is 0 Å². The first-order chi connectivity index (χ1) is 8.86. The Morgan fingerprint density at radius 1 is 0.778 bits per heavy atom. The van der Waals surface area contributed by atoms with Gasteiger partial charge in [-0.3, -0.25) is 0 Å². The zero-order valence-electron chi connectivity index (χ0n) is 10.0. The third-order valence-electron chi connectivity index (χ3n) is 3.24. The Bertz CT molecular complexity index is 636. The van der Waals surface area contributed by atoms with Gasteiger partial charge in [-0.2, -0.15) is 0 Å². The van der Waals surface area contributed by atoms with E-state index in [1.165, 1.54) is 11.1 Å². The van der Waals surface area contributed by atoms with Crippen molar-refractivity contribution >= 4 is 5.57 Å². The Kier molecular flexibility index (Phi) is 2.73. The van der Waals surface area contributed by atoms with Gasteiger partial charge in [-0.1, -0.05) is 60.7 Å². The summed E-state index contributed by atoms with van der Waals surface area (Å²) in [5, 5.41) is 10.00. The van der Waals surface area contributed by atoms with E-state index in [9.17, 15) is 5.11 Å². The van der Waals surface area contributed by atoms with Gasteiger partial charge < -0.3 is 5.11 Å². The Morgan fingerprint density at radius 2 is 1.44 bits per heavy atom. The molecular weight excluding hydrogens is 220 g/mol. The second kappa shape index (κ2) is 4.53. The summed E-state index contributed by atoms with van der Waals surface area (Å²) in [6, 6.07) is 15.7. The molecule has 0 fully saturated rings. The summed E-state index contributed by atoms with van der Waals surface area (Å²) in [6.45, 7) is 0. The summed E-state index contributed by atoms with van der Waals surface area (Å²) in [5.74, 6) is 0.330. The highest BCUT2D eigenvalue weighted by molar-refractivity contribution is 5.85. The molecule has 0 saturated carbocycles. The van der Waals surface area contributed by atoms with E-state index in [1.807, 2.05) is 30.3 Å². The molecule has 1 aliphatic carbocycles. The Labute approximate surface area is 107 Å². The van der Waals surface area contributed by atoms with Gasteiger partial charge in [0.05, 0.1) is 0 Å². The van der Waals surface area contributed by atoms with Crippen LogP contribution in [0.15, 0.2) is 66.8 Å². The molecule has 3 rings (SSSR count). The van der Waals surface area contributed by atoms with Crippen molar-refractivity contribution in [2.75, 3.05) is 0 Å². The number of benzene rings is 2. The molecule has 0 atom stereocenters. The van der Waals surface area contributed by atoms with Gasteiger partial charge >= 0.3 is 0 Å². The van der Waals surface area contributed by atoms with E-state index in [0.717, 1.165) is 17.5 Å². The van der Waals surface area contributed by atoms with Crippen LogP contribution in [0.4, 0.5) is 0 Å². The van der Waals surface area contributed by atoms with Gasteiger partial charge in [-0.15, -0.1) is 0 Å². The molecule has 1 nitrogen and oxygen atoms in total. The van der Waals surface area contributed by atoms with Crippen LogP contribution in [0.3, 0.4) is 0 Å². The number of phenols is 1. The quantitative estimate of drug-likeness (QED) is 0.816. The highest BCUT2D eigenvalue weighted by atomic mass is 16.3. The smallest absolute Gasteiger partial charge is 0.123 e. The number of phenolic OH excluding ortho intramolecular Hbond substituents is 1. The summed E-state index contributed by atoms with van der Waals surface area (Å²) in [5.41, 5.74) is 4.48. The fourth-order valence-corrected chi connectivity index (χ4v) is 2.35. The van der Waals surface area contributed by atoms with Gasteiger partial charge in [0.15, 0.2) is 0 Å². The van der Waals surface area contributed by atoms with Crippen LogP contribution in [0, 0.1) is 0 Å². The summed E-state index contributed by atoms with van der Waals surface area (Å²) < 4.78 is 0. The van der Waals surface area contributed by atoms with Crippen molar-refractivity contribution in [3.8, 4) is 16.9 Å². The molecule has 2 aromatic carbocycles. The van der Waals surface area contributed by atoms with Crippen molar-refractivity contribution in [3.63, 3.8) is 0 Å². The minimum atomic E-state index is 0.330. The molecule has 0 spiro atoms. The van der Waals surface area contributed by atoms with E-state index in [1.54, 1.807) is 6.07 Å². The molecular formula is C17H14O. The van der Waals surface area contributed by atoms with E-state index in [4.69, 9.17) is 0 Å². The molecule has 1 aliphatic rings. The third kappa shape index (κ3) is 1.84. The molecule has 2 aromatic rings. The topological polar surface area (TPSA) is 20.2 Å². The maximum atomic E-state index is 10.00. The standard InChI is InChI=1S/C17H14O/c18-17-12-6-5-11-16(17)15-10-4-3-9-14(15)13-7-1-2-8-13/h1-7,9-12,18H,8H2. The molecule has 88 valence electrons. The van der Waals surface area contributed by atoms with Gasteiger partial charge in [0.25, 0.3) is 0 Å². The van der Waals surface area contributed by atoms with E-state index in [2.05, 4.69) is 30.4 Å². The third-order valence-corrected chi connectivity index (χ3v) is 3.24. The molecule has 1 heteroatoms. The van der Waals surface area contributed by atoms with Gasteiger partial charge in [0.1, 0.15) is 5.75 Å². The van der Waals surface area contributed by atoms with Crippen molar-refractivity contribution in [3.05, 3.63) is 72.3 Å². The molecule has 0 radical (unpaired) electrons. The van der Waals surface area contributed by atoms with Crippen LogP contribution < -0.4 is 0 Å². The minimum absolute atomic E-state index is 0.330. The lowest BCUT2D eigenvalue weighted by atomic mass is 9.93. The normalized spacial score (nSPS) is 13.7. The summed E-state index contributed by atoms with van der Waals surface area (Å²) in [7, 11) is 0. The van der Waals surface area contributed by atoms with Gasteiger partial charge in [-0.05, 0) is 29.2 Å². The van der Waals surface area contributed by atoms with Crippen molar-refractivity contribution < 1.29 is 5.11 Å². The van der Waals surface area contributed by atoms with Crippen molar-refractivity contribution in [1.29, 1.82) is 0 Å². The van der Waals surface area contributed by atoms with Gasteiger partial charge in [-0.25, -0.2) is 0 Å². The van der Waals surface area contributed by atoms with Crippen LogP contribution in [0.5, 0.6) is 5.75 Å². The van der Waals surface area contributed by atoms with Crippen LogP contribution in [0.1, 0.15) is 12.0 Å². The zero-order valence-corrected chi connectivity index (χ0v) is 10.0. The molecule has 0 aromatic heterocycles. The average Bonchev–Trinajstić information content (AvgIpc) is 2.93. The molecule has 0 bridgehead atoms. The van der Waals surface area contributed by atoms with Crippen LogP contribution in [-0.4, -0.2) is 5.11 Å². The predicted molar refractivity (Wildman–Crippen MR) is 75.3 cm³/mol. The largest absolute Gasteiger partial charge is 0.507 e. The molecule has 1 N–H and O–H groups in total. The van der Waals surface area contributed by atoms with E-state index >= 15 is 0 Å². The summed E-state index contributed by atoms with van der Waals surface area (Å²) in [6.07, 6.45) is 7.33. The highest BCUT2D eigenvalue weighted by Crippen LogP contribution is 2.36. The van der Waals surface area contributed by atoms with Crippen LogP contribution >= 0.6 is 0 Å². The summed E-state index contributed by atoms with van der Waals surface area (Å²) in [4.78, 5) is 0. The first-order valence-electron chi connectivity index (χ1n) is 6.10. The molecule has 0 saturated heterocycles. The second-order valence-corrected chi connectivity index (χ2v) is 4.39. The SMILES string of the molecule is Oc1ccccc1-c1ccccc1C1=CC=CC1. The number of allylic oxidation sites excluding steroid dienone is 4. The van der Waals surface area contributed by atoms with Crippen LogP contribution in [-0.2, 0) is 0 Å². The lowest BCUT2D eigenvalue weighted by molar-refractivity contribution is 0.477. The monoisotopic (exact) mass is 234 g/mol. The van der Waals surface area contributed by atoms with E-state index in [0.29, 0.717) is 5.75 Å². The molecule has 18 heavy (non-hydrogen) atoms. The lowest BCUT2D eigenvalue weighted by Gasteiger charge is -2.11. The number of hydrogen-bond donors (Lipinski definition) is 1. The number of aromatic hydroxyl groups is 1. The number of para-hydroxylation sites is 1. The molecule has 0 heterocycles.